The van der Waals surface area contributed by atoms with Gasteiger partial charge in [0.1, 0.15) is 0 Å². The van der Waals surface area contributed by atoms with Crippen molar-refractivity contribution in [2.75, 3.05) is 13.7 Å². The number of carbonyl (C=O) groups is 2. The zero-order chi connectivity index (χ0) is 16.0. The van der Waals surface area contributed by atoms with Gasteiger partial charge in [0.05, 0.1) is 6.61 Å². The topological polar surface area (TPSA) is 75.6 Å². The normalized spacial score (nSPS) is 15.0. The standard InChI is InChI=1S/C16H23NO4/c1-11-7-5-6-8-13(11)12(2)9-14(18)17-16(3,10-21-4)15(19)20/h5-8,12H,9-10H2,1-4H3,(H,17,18)(H,19,20). The highest BCUT2D eigenvalue weighted by atomic mass is 16.5. The molecular weight excluding hydrogens is 270 g/mol. The Morgan fingerprint density at radius 1 is 1.38 bits per heavy atom. The molecule has 0 saturated carbocycles. The summed E-state index contributed by atoms with van der Waals surface area (Å²) in [5.41, 5.74) is 0.809. The summed E-state index contributed by atoms with van der Waals surface area (Å²) < 4.78 is 4.88. The quantitative estimate of drug-likeness (QED) is 0.807. The van der Waals surface area contributed by atoms with Gasteiger partial charge in [-0.05, 0) is 30.9 Å². The summed E-state index contributed by atoms with van der Waals surface area (Å²) in [6.07, 6.45) is 0.234. The van der Waals surface area contributed by atoms with Gasteiger partial charge in [0, 0.05) is 13.5 Å². The highest BCUT2D eigenvalue weighted by Gasteiger charge is 2.35. The van der Waals surface area contributed by atoms with Crippen LogP contribution < -0.4 is 5.32 Å². The molecule has 0 aliphatic rings. The first kappa shape index (κ1) is 17.2. The number of amides is 1. The molecule has 0 spiro atoms. The zero-order valence-corrected chi connectivity index (χ0v) is 13.0. The van der Waals surface area contributed by atoms with E-state index in [-0.39, 0.29) is 24.9 Å². The van der Waals surface area contributed by atoms with E-state index in [1.165, 1.54) is 14.0 Å². The minimum absolute atomic E-state index is 0.0202. The van der Waals surface area contributed by atoms with E-state index >= 15 is 0 Å². The number of carbonyl (C=O) groups excluding carboxylic acids is 1. The second-order valence-corrected chi connectivity index (χ2v) is 5.58. The molecule has 0 aromatic heterocycles. The van der Waals surface area contributed by atoms with Gasteiger partial charge in [-0.2, -0.15) is 0 Å². The summed E-state index contributed by atoms with van der Waals surface area (Å²) in [5.74, 6) is -1.39. The summed E-state index contributed by atoms with van der Waals surface area (Å²) in [4.78, 5) is 23.4. The van der Waals surface area contributed by atoms with E-state index in [1.54, 1.807) is 0 Å². The van der Waals surface area contributed by atoms with Crippen LogP contribution in [0.15, 0.2) is 24.3 Å². The van der Waals surface area contributed by atoms with Crippen LogP contribution in [0.1, 0.15) is 37.3 Å². The van der Waals surface area contributed by atoms with Crippen molar-refractivity contribution in [2.24, 2.45) is 0 Å². The Morgan fingerprint density at radius 3 is 2.52 bits per heavy atom. The SMILES string of the molecule is COCC(C)(NC(=O)CC(C)c1ccccc1C)C(=O)O. The molecule has 0 fully saturated rings. The molecule has 2 N–H and O–H groups in total. The molecule has 0 radical (unpaired) electrons. The van der Waals surface area contributed by atoms with Crippen LogP contribution in [-0.4, -0.2) is 36.2 Å². The fourth-order valence-electron chi connectivity index (χ4n) is 2.33. The molecule has 5 nitrogen and oxygen atoms in total. The second-order valence-electron chi connectivity index (χ2n) is 5.58. The third-order valence-electron chi connectivity index (χ3n) is 3.53. The predicted molar refractivity (Wildman–Crippen MR) is 80.3 cm³/mol. The fraction of sp³-hybridized carbons (Fsp3) is 0.500. The molecule has 0 heterocycles. The average molecular weight is 293 g/mol. The highest BCUT2D eigenvalue weighted by molar-refractivity contribution is 5.87. The first-order valence-corrected chi connectivity index (χ1v) is 6.89. The lowest BCUT2D eigenvalue weighted by Gasteiger charge is -2.26. The maximum absolute atomic E-state index is 12.1. The van der Waals surface area contributed by atoms with Gasteiger partial charge in [0.25, 0.3) is 0 Å². The lowest BCUT2D eigenvalue weighted by Crippen LogP contribution is -2.55. The number of carboxylic acid groups (broad SMARTS) is 1. The maximum atomic E-state index is 12.1. The molecule has 0 aliphatic heterocycles. The Morgan fingerprint density at radius 2 is 2.00 bits per heavy atom. The van der Waals surface area contributed by atoms with Crippen molar-refractivity contribution in [3.8, 4) is 0 Å². The Labute approximate surface area is 125 Å². The van der Waals surface area contributed by atoms with Crippen LogP contribution >= 0.6 is 0 Å². The molecule has 1 aromatic rings. The van der Waals surface area contributed by atoms with Crippen molar-refractivity contribution in [1.29, 1.82) is 0 Å². The molecule has 116 valence electrons. The number of hydrogen-bond donors (Lipinski definition) is 2. The van der Waals surface area contributed by atoms with Crippen LogP contribution in [-0.2, 0) is 14.3 Å². The van der Waals surface area contributed by atoms with Crippen molar-refractivity contribution in [1.82, 2.24) is 5.32 Å². The lowest BCUT2D eigenvalue weighted by atomic mass is 9.93. The van der Waals surface area contributed by atoms with E-state index in [0.29, 0.717) is 0 Å². The van der Waals surface area contributed by atoms with Gasteiger partial charge < -0.3 is 15.2 Å². The van der Waals surface area contributed by atoms with Gasteiger partial charge in [0.15, 0.2) is 5.54 Å². The summed E-state index contributed by atoms with van der Waals surface area (Å²) in [5, 5.41) is 11.8. The van der Waals surface area contributed by atoms with Crippen molar-refractivity contribution >= 4 is 11.9 Å². The Balaban J connectivity index is 2.73. The zero-order valence-electron chi connectivity index (χ0n) is 13.0. The number of aryl methyl sites for hydroxylation is 1. The van der Waals surface area contributed by atoms with E-state index < -0.39 is 11.5 Å². The Hall–Kier alpha value is -1.88. The minimum atomic E-state index is -1.41. The molecule has 5 heteroatoms. The predicted octanol–water partition coefficient (Wildman–Crippen LogP) is 2.09. The maximum Gasteiger partial charge on any atom is 0.331 e. The molecule has 0 saturated heterocycles. The third kappa shape index (κ3) is 4.56. The Kier molecular flexibility index (Phi) is 5.90. The first-order chi connectivity index (χ1) is 9.80. The highest BCUT2D eigenvalue weighted by Crippen LogP contribution is 2.22. The molecule has 1 aromatic carbocycles. The number of rotatable bonds is 7. The van der Waals surface area contributed by atoms with Gasteiger partial charge in [-0.3, -0.25) is 4.79 Å². The number of benzene rings is 1. The van der Waals surface area contributed by atoms with Crippen molar-refractivity contribution < 1.29 is 19.4 Å². The number of carboxylic acids is 1. The van der Waals surface area contributed by atoms with E-state index in [1.807, 2.05) is 38.1 Å². The smallest absolute Gasteiger partial charge is 0.331 e. The van der Waals surface area contributed by atoms with E-state index in [2.05, 4.69) is 5.32 Å². The number of methoxy groups -OCH3 is 1. The Bertz CT molecular complexity index is 515. The lowest BCUT2D eigenvalue weighted by molar-refractivity contribution is -0.149. The van der Waals surface area contributed by atoms with Gasteiger partial charge in [-0.1, -0.05) is 31.2 Å². The summed E-state index contributed by atoms with van der Waals surface area (Å²) in [6, 6.07) is 7.86. The molecular formula is C16H23NO4. The monoisotopic (exact) mass is 293 g/mol. The van der Waals surface area contributed by atoms with Gasteiger partial charge in [-0.15, -0.1) is 0 Å². The third-order valence-corrected chi connectivity index (χ3v) is 3.53. The van der Waals surface area contributed by atoms with Crippen molar-refractivity contribution in [2.45, 2.75) is 38.6 Å². The second kappa shape index (κ2) is 7.22. The van der Waals surface area contributed by atoms with Crippen LogP contribution in [0.4, 0.5) is 0 Å². The molecule has 21 heavy (non-hydrogen) atoms. The van der Waals surface area contributed by atoms with Gasteiger partial charge in [-0.25, -0.2) is 4.79 Å². The molecule has 2 unspecified atom stereocenters. The molecule has 0 aliphatic carbocycles. The molecule has 1 rings (SSSR count). The fourth-order valence-corrected chi connectivity index (χ4v) is 2.33. The van der Waals surface area contributed by atoms with Crippen LogP contribution in [0.25, 0.3) is 0 Å². The van der Waals surface area contributed by atoms with Crippen LogP contribution in [0.5, 0.6) is 0 Å². The van der Waals surface area contributed by atoms with E-state index in [4.69, 9.17) is 4.74 Å². The van der Waals surface area contributed by atoms with Crippen LogP contribution in [0, 0.1) is 6.92 Å². The number of aliphatic carboxylic acids is 1. The largest absolute Gasteiger partial charge is 0.479 e. The number of hydrogen-bond acceptors (Lipinski definition) is 3. The van der Waals surface area contributed by atoms with E-state index in [0.717, 1.165) is 11.1 Å². The van der Waals surface area contributed by atoms with Crippen LogP contribution in [0.3, 0.4) is 0 Å². The van der Waals surface area contributed by atoms with E-state index in [9.17, 15) is 14.7 Å². The first-order valence-electron chi connectivity index (χ1n) is 6.89. The summed E-state index contributed by atoms with van der Waals surface area (Å²) >= 11 is 0. The van der Waals surface area contributed by atoms with Crippen molar-refractivity contribution in [3.05, 3.63) is 35.4 Å². The minimum Gasteiger partial charge on any atom is -0.479 e. The summed E-state index contributed by atoms with van der Waals surface area (Å²) in [6.45, 7) is 5.31. The van der Waals surface area contributed by atoms with Gasteiger partial charge >= 0.3 is 5.97 Å². The van der Waals surface area contributed by atoms with Gasteiger partial charge in [0.2, 0.25) is 5.91 Å². The number of nitrogens with one attached hydrogen (secondary N) is 1. The van der Waals surface area contributed by atoms with Crippen molar-refractivity contribution in [3.63, 3.8) is 0 Å². The van der Waals surface area contributed by atoms with Crippen LogP contribution in [0.2, 0.25) is 0 Å². The molecule has 2 atom stereocenters. The average Bonchev–Trinajstić information content (AvgIpc) is 2.38. The molecule has 1 amide bonds. The molecule has 0 bridgehead atoms. The number of ether oxygens (including phenoxy) is 1. The summed E-state index contributed by atoms with van der Waals surface area (Å²) in [7, 11) is 1.41.